The Kier molecular flexibility index (Phi) is 8.13. The maximum absolute atomic E-state index is 11.2. The zero-order chi connectivity index (χ0) is 13.3. The Bertz CT molecular complexity index is 244. The van der Waals surface area contributed by atoms with Crippen LogP contribution in [0.15, 0.2) is 0 Å². The molecule has 0 bridgehead atoms. The molecule has 0 aromatic carbocycles. The van der Waals surface area contributed by atoms with E-state index >= 15 is 0 Å². The van der Waals surface area contributed by atoms with Crippen molar-refractivity contribution in [1.29, 1.82) is 0 Å². The fraction of sp³-hybridized carbons (Fsp3) is 0.818. The molecule has 100 valence electrons. The first-order valence-corrected chi connectivity index (χ1v) is 5.85. The number of hydrogen-bond donors (Lipinski definition) is 4. The number of aliphatic carboxylic acids is 1. The fourth-order valence-corrected chi connectivity index (χ4v) is 1.27. The lowest BCUT2D eigenvalue weighted by molar-refractivity contribution is -0.140. The van der Waals surface area contributed by atoms with E-state index in [-0.39, 0.29) is 0 Å². The second-order valence-electron chi connectivity index (χ2n) is 4.36. The zero-order valence-corrected chi connectivity index (χ0v) is 10.4. The van der Waals surface area contributed by atoms with E-state index in [0.717, 1.165) is 19.3 Å². The van der Waals surface area contributed by atoms with Gasteiger partial charge in [-0.05, 0) is 12.3 Å². The van der Waals surface area contributed by atoms with E-state index in [0.29, 0.717) is 12.5 Å². The molecule has 0 fully saturated rings. The molecule has 0 saturated carbocycles. The Balaban J connectivity index is 3.62. The molecule has 2 amide bonds. The van der Waals surface area contributed by atoms with Crippen molar-refractivity contribution in [2.75, 3.05) is 13.2 Å². The molecule has 0 aliphatic rings. The van der Waals surface area contributed by atoms with Crippen molar-refractivity contribution in [2.24, 2.45) is 5.92 Å². The molecule has 1 atom stereocenters. The van der Waals surface area contributed by atoms with Crippen LogP contribution in [-0.2, 0) is 4.79 Å². The van der Waals surface area contributed by atoms with Crippen LogP contribution in [0.3, 0.4) is 0 Å². The minimum absolute atomic E-state index is 0.510. The summed E-state index contributed by atoms with van der Waals surface area (Å²) in [5.41, 5.74) is 0. The Morgan fingerprint density at radius 1 is 1.24 bits per heavy atom. The first-order chi connectivity index (χ1) is 7.97. The number of nitrogens with one attached hydrogen (secondary N) is 2. The van der Waals surface area contributed by atoms with Crippen LogP contribution in [-0.4, -0.2) is 41.4 Å². The number of carbonyl (C=O) groups is 2. The molecule has 0 rings (SSSR count). The normalized spacial score (nSPS) is 12.2. The Hall–Kier alpha value is -1.30. The Labute approximate surface area is 101 Å². The second kappa shape index (κ2) is 8.81. The summed E-state index contributed by atoms with van der Waals surface area (Å²) in [5.74, 6) is -0.600. The molecule has 6 heteroatoms. The smallest absolute Gasteiger partial charge is 0.328 e. The molecule has 4 N–H and O–H groups in total. The molecule has 0 aromatic rings. The molecular weight excluding hydrogens is 224 g/mol. The average Bonchev–Trinajstić information content (AvgIpc) is 2.24. The Morgan fingerprint density at radius 2 is 1.88 bits per heavy atom. The molecule has 6 nitrogen and oxygen atoms in total. The number of unbranched alkanes of at least 4 members (excludes halogenated alkanes) is 1. The number of carboxylic acid groups (broad SMARTS) is 1. The summed E-state index contributed by atoms with van der Waals surface area (Å²) in [7, 11) is 0. The van der Waals surface area contributed by atoms with Crippen molar-refractivity contribution in [3.05, 3.63) is 0 Å². The summed E-state index contributed by atoms with van der Waals surface area (Å²) in [5, 5.41) is 22.0. The van der Waals surface area contributed by atoms with Gasteiger partial charge in [-0.2, -0.15) is 0 Å². The SMILES string of the molecule is CC(C)CCCCNC(=O)N[C@H](CO)C(=O)O. The third-order valence-electron chi connectivity index (χ3n) is 2.28. The van der Waals surface area contributed by atoms with Gasteiger partial charge in [0.25, 0.3) is 0 Å². The van der Waals surface area contributed by atoms with Crippen molar-refractivity contribution in [3.8, 4) is 0 Å². The van der Waals surface area contributed by atoms with E-state index in [9.17, 15) is 9.59 Å². The first-order valence-electron chi connectivity index (χ1n) is 5.85. The molecule has 0 spiro atoms. The van der Waals surface area contributed by atoms with Crippen LogP contribution in [0.1, 0.15) is 33.1 Å². The first kappa shape index (κ1) is 15.7. The average molecular weight is 246 g/mol. The fourth-order valence-electron chi connectivity index (χ4n) is 1.27. The summed E-state index contributed by atoms with van der Waals surface area (Å²) in [4.78, 5) is 21.7. The van der Waals surface area contributed by atoms with Crippen molar-refractivity contribution in [3.63, 3.8) is 0 Å². The van der Waals surface area contributed by atoms with E-state index in [1.807, 2.05) is 0 Å². The largest absolute Gasteiger partial charge is 0.480 e. The minimum Gasteiger partial charge on any atom is -0.480 e. The lowest BCUT2D eigenvalue weighted by atomic mass is 10.1. The van der Waals surface area contributed by atoms with Gasteiger partial charge in [0.05, 0.1) is 6.61 Å². The third-order valence-corrected chi connectivity index (χ3v) is 2.28. The molecule has 0 aliphatic carbocycles. The van der Waals surface area contributed by atoms with Gasteiger partial charge in [0.2, 0.25) is 0 Å². The summed E-state index contributed by atoms with van der Waals surface area (Å²) in [6.45, 7) is 4.17. The van der Waals surface area contributed by atoms with Crippen molar-refractivity contribution in [1.82, 2.24) is 10.6 Å². The molecule has 0 saturated heterocycles. The molecule has 0 unspecified atom stereocenters. The minimum atomic E-state index is -1.25. The summed E-state index contributed by atoms with van der Waals surface area (Å²) in [6.07, 6.45) is 3.00. The predicted octanol–water partition coefficient (Wildman–Crippen LogP) is 0.557. The number of aliphatic hydroxyl groups is 1. The van der Waals surface area contributed by atoms with Gasteiger partial charge in [-0.3, -0.25) is 0 Å². The number of amides is 2. The van der Waals surface area contributed by atoms with Gasteiger partial charge in [0.1, 0.15) is 0 Å². The second-order valence-corrected chi connectivity index (χ2v) is 4.36. The van der Waals surface area contributed by atoms with Crippen LogP contribution in [0.5, 0.6) is 0 Å². The van der Waals surface area contributed by atoms with E-state index in [2.05, 4.69) is 24.5 Å². The maximum atomic E-state index is 11.2. The highest BCUT2D eigenvalue weighted by Gasteiger charge is 2.17. The summed E-state index contributed by atoms with van der Waals surface area (Å²) >= 11 is 0. The number of aliphatic hydroxyl groups excluding tert-OH is 1. The van der Waals surface area contributed by atoms with Crippen molar-refractivity contribution >= 4 is 12.0 Å². The van der Waals surface area contributed by atoms with Gasteiger partial charge >= 0.3 is 12.0 Å². The van der Waals surface area contributed by atoms with Gasteiger partial charge in [0.15, 0.2) is 6.04 Å². The van der Waals surface area contributed by atoms with Crippen LogP contribution >= 0.6 is 0 Å². The van der Waals surface area contributed by atoms with E-state index in [4.69, 9.17) is 10.2 Å². The molecular formula is C11H22N2O4. The number of carbonyl (C=O) groups excluding carboxylic acids is 1. The standard InChI is InChI=1S/C11H22N2O4/c1-8(2)5-3-4-6-12-11(17)13-9(7-14)10(15)16/h8-9,14H,3-7H2,1-2H3,(H,15,16)(H2,12,13,17)/t9-/m1/s1. The quantitative estimate of drug-likeness (QED) is 0.470. The van der Waals surface area contributed by atoms with Gasteiger partial charge in [-0.25, -0.2) is 9.59 Å². The van der Waals surface area contributed by atoms with E-state index < -0.39 is 24.6 Å². The lowest BCUT2D eigenvalue weighted by Crippen LogP contribution is -2.48. The van der Waals surface area contributed by atoms with Crippen molar-refractivity contribution in [2.45, 2.75) is 39.2 Å². The Morgan fingerprint density at radius 3 is 2.35 bits per heavy atom. The number of carboxylic acids is 1. The van der Waals surface area contributed by atoms with Crippen LogP contribution in [0.4, 0.5) is 4.79 Å². The highest BCUT2D eigenvalue weighted by molar-refractivity contribution is 5.82. The summed E-state index contributed by atoms with van der Waals surface area (Å²) in [6, 6.07) is -1.80. The van der Waals surface area contributed by atoms with Crippen LogP contribution in [0.25, 0.3) is 0 Å². The summed E-state index contributed by atoms with van der Waals surface area (Å²) < 4.78 is 0. The van der Waals surface area contributed by atoms with Gasteiger partial charge < -0.3 is 20.8 Å². The lowest BCUT2D eigenvalue weighted by Gasteiger charge is -2.12. The third kappa shape index (κ3) is 8.50. The monoisotopic (exact) mass is 246 g/mol. The molecule has 0 aliphatic heterocycles. The van der Waals surface area contributed by atoms with Gasteiger partial charge in [-0.1, -0.05) is 26.7 Å². The highest BCUT2D eigenvalue weighted by Crippen LogP contribution is 2.04. The highest BCUT2D eigenvalue weighted by atomic mass is 16.4. The van der Waals surface area contributed by atoms with Gasteiger partial charge in [0, 0.05) is 6.54 Å². The van der Waals surface area contributed by atoms with E-state index in [1.54, 1.807) is 0 Å². The zero-order valence-electron chi connectivity index (χ0n) is 10.4. The number of rotatable bonds is 8. The van der Waals surface area contributed by atoms with E-state index in [1.165, 1.54) is 0 Å². The van der Waals surface area contributed by atoms with Crippen LogP contribution in [0, 0.1) is 5.92 Å². The molecule has 0 heterocycles. The predicted molar refractivity (Wildman–Crippen MR) is 63.7 cm³/mol. The van der Waals surface area contributed by atoms with Crippen LogP contribution < -0.4 is 10.6 Å². The number of hydrogen-bond acceptors (Lipinski definition) is 3. The number of urea groups is 1. The van der Waals surface area contributed by atoms with Gasteiger partial charge in [-0.15, -0.1) is 0 Å². The maximum Gasteiger partial charge on any atom is 0.328 e. The topological polar surface area (TPSA) is 98.7 Å². The molecule has 0 aromatic heterocycles. The molecule has 17 heavy (non-hydrogen) atoms. The van der Waals surface area contributed by atoms with Crippen LogP contribution in [0.2, 0.25) is 0 Å². The molecule has 0 radical (unpaired) electrons. The van der Waals surface area contributed by atoms with Crippen molar-refractivity contribution < 1.29 is 19.8 Å².